The Balaban J connectivity index is 1.66. The number of nitrogens with zero attached hydrogens (tertiary/aromatic N) is 4. The third-order valence-electron chi connectivity index (χ3n) is 4.26. The summed E-state index contributed by atoms with van der Waals surface area (Å²) in [5.41, 5.74) is 1.12. The fraction of sp³-hybridized carbons (Fsp3) is 0.733. The van der Waals surface area contributed by atoms with Crippen molar-refractivity contribution in [1.29, 1.82) is 0 Å². The van der Waals surface area contributed by atoms with Gasteiger partial charge < -0.3 is 4.90 Å². The van der Waals surface area contributed by atoms with E-state index in [1.165, 1.54) is 19.4 Å². The van der Waals surface area contributed by atoms with Crippen molar-refractivity contribution in [2.24, 2.45) is 5.92 Å². The van der Waals surface area contributed by atoms with Crippen LogP contribution in [0.25, 0.3) is 0 Å². The Morgan fingerprint density at radius 2 is 1.95 bits per heavy atom. The zero-order valence-corrected chi connectivity index (χ0v) is 12.9. The fourth-order valence-corrected chi connectivity index (χ4v) is 3.15. The molecule has 20 heavy (non-hydrogen) atoms. The molecule has 0 N–H and O–H groups in total. The molecule has 2 fully saturated rings. The summed E-state index contributed by atoms with van der Waals surface area (Å²) in [5.74, 6) is 2.03. The van der Waals surface area contributed by atoms with Crippen LogP contribution in [0.3, 0.4) is 0 Å². The number of rotatable bonds is 5. The molecule has 1 saturated heterocycles. The molecule has 1 aromatic heterocycles. The summed E-state index contributed by atoms with van der Waals surface area (Å²) in [7, 11) is 0. The first kappa shape index (κ1) is 14.1. The molecule has 1 saturated carbocycles. The predicted octanol–water partition coefficient (Wildman–Crippen LogP) is 2.61. The molecule has 110 valence electrons. The molecular weight excluding hydrogens is 272 g/mol. The van der Waals surface area contributed by atoms with Crippen molar-refractivity contribution < 1.29 is 0 Å². The monoisotopic (exact) mass is 294 g/mol. The van der Waals surface area contributed by atoms with Gasteiger partial charge in [-0.3, -0.25) is 4.90 Å². The molecule has 0 radical (unpaired) electrons. The van der Waals surface area contributed by atoms with E-state index in [4.69, 9.17) is 11.6 Å². The maximum absolute atomic E-state index is 6.24. The highest BCUT2D eigenvalue weighted by Crippen LogP contribution is 2.30. The summed E-state index contributed by atoms with van der Waals surface area (Å²) in [5, 5.41) is 0.622. The Labute approximate surface area is 126 Å². The Bertz CT molecular complexity index is 453. The summed E-state index contributed by atoms with van der Waals surface area (Å²) in [6.45, 7) is 7.85. The molecule has 0 atom stereocenters. The summed E-state index contributed by atoms with van der Waals surface area (Å²) in [4.78, 5) is 13.6. The van der Waals surface area contributed by atoms with Crippen LogP contribution in [0.2, 0.25) is 5.15 Å². The van der Waals surface area contributed by atoms with E-state index in [0.29, 0.717) is 5.15 Å². The van der Waals surface area contributed by atoms with Crippen molar-refractivity contribution in [1.82, 2.24) is 14.9 Å². The van der Waals surface area contributed by atoms with E-state index in [-0.39, 0.29) is 0 Å². The number of hydrogen-bond acceptors (Lipinski definition) is 4. The third kappa shape index (κ3) is 3.23. The van der Waals surface area contributed by atoms with E-state index >= 15 is 0 Å². The quantitative estimate of drug-likeness (QED) is 0.782. The Kier molecular flexibility index (Phi) is 4.41. The lowest BCUT2D eigenvalue weighted by Crippen LogP contribution is -2.47. The predicted molar refractivity (Wildman–Crippen MR) is 82.4 cm³/mol. The van der Waals surface area contributed by atoms with Gasteiger partial charge in [0.2, 0.25) is 0 Å². The SMILES string of the molecule is CCCc1c(Cl)ncnc1N1CCN(CC2CC2)CC1. The van der Waals surface area contributed by atoms with E-state index in [2.05, 4.69) is 26.7 Å². The van der Waals surface area contributed by atoms with Crippen LogP contribution in [0.1, 0.15) is 31.7 Å². The fourth-order valence-electron chi connectivity index (χ4n) is 2.93. The largest absolute Gasteiger partial charge is 0.354 e. The van der Waals surface area contributed by atoms with Crippen LogP contribution in [0.15, 0.2) is 6.33 Å². The van der Waals surface area contributed by atoms with Crippen molar-refractivity contribution in [2.75, 3.05) is 37.6 Å². The lowest BCUT2D eigenvalue weighted by atomic mass is 10.1. The van der Waals surface area contributed by atoms with E-state index in [0.717, 1.165) is 56.3 Å². The van der Waals surface area contributed by atoms with Crippen LogP contribution >= 0.6 is 11.6 Å². The van der Waals surface area contributed by atoms with Crippen molar-refractivity contribution >= 4 is 17.4 Å². The minimum absolute atomic E-state index is 0.622. The lowest BCUT2D eigenvalue weighted by Gasteiger charge is -2.36. The Hall–Kier alpha value is -0.870. The van der Waals surface area contributed by atoms with Gasteiger partial charge in [-0.15, -0.1) is 0 Å². The third-order valence-corrected chi connectivity index (χ3v) is 4.58. The van der Waals surface area contributed by atoms with E-state index in [9.17, 15) is 0 Å². The zero-order chi connectivity index (χ0) is 13.9. The summed E-state index contributed by atoms with van der Waals surface area (Å²) >= 11 is 6.24. The van der Waals surface area contributed by atoms with Gasteiger partial charge in [0.1, 0.15) is 17.3 Å². The number of hydrogen-bond donors (Lipinski definition) is 0. The second kappa shape index (κ2) is 6.27. The van der Waals surface area contributed by atoms with Gasteiger partial charge in [-0.05, 0) is 25.2 Å². The van der Waals surface area contributed by atoms with Gasteiger partial charge >= 0.3 is 0 Å². The normalized spacial score (nSPS) is 20.4. The molecule has 1 aliphatic heterocycles. The van der Waals surface area contributed by atoms with Crippen LogP contribution in [0.5, 0.6) is 0 Å². The molecule has 0 amide bonds. The van der Waals surface area contributed by atoms with Crippen molar-refractivity contribution in [3.05, 3.63) is 17.0 Å². The van der Waals surface area contributed by atoms with Gasteiger partial charge in [0.15, 0.2) is 0 Å². The van der Waals surface area contributed by atoms with Crippen LogP contribution in [0.4, 0.5) is 5.82 Å². The highest BCUT2D eigenvalue weighted by atomic mass is 35.5. The second-order valence-corrected chi connectivity index (χ2v) is 6.31. The van der Waals surface area contributed by atoms with Crippen LogP contribution in [-0.4, -0.2) is 47.6 Å². The molecule has 1 aliphatic carbocycles. The minimum Gasteiger partial charge on any atom is -0.354 e. The summed E-state index contributed by atoms with van der Waals surface area (Å²) < 4.78 is 0. The molecule has 0 spiro atoms. The minimum atomic E-state index is 0.622. The molecule has 3 rings (SSSR count). The molecular formula is C15H23ClN4. The second-order valence-electron chi connectivity index (χ2n) is 5.95. The number of anilines is 1. The Morgan fingerprint density at radius 3 is 2.60 bits per heavy atom. The van der Waals surface area contributed by atoms with Crippen LogP contribution < -0.4 is 4.90 Å². The maximum Gasteiger partial charge on any atom is 0.137 e. The van der Waals surface area contributed by atoms with E-state index in [1.54, 1.807) is 6.33 Å². The standard InChI is InChI=1S/C15H23ClN4/c1-2-3-13-14(16)17-11-18-15(13)20-8-6-19(7-9-20)10-12-4-5-12/h11-12H,2-10H2,1H3. The topological polar surface area (TPSA) is 32.3 Å². The number of halogens is 1. The van der Waals surface area contributed by atoms with E-state index < -0.39 is 0 Å². The van der Waals surface area contributed by atoms with Gasteiger partial charge in [0.05, 0.1) is 0 Å². The zero-order valence-electron chi connectivity index (χ0n) is 12.2. The molecule has 1 aromatic rings. The van der Waals surface area contributed by atoms with E-state index in [1.807, 2.05) is 0 Å². The van der Waals surface area contributed by atoms with Gasteiger partial charge in [0, 0.05) is 38.3 Å². The van der Waals surface area contributed by atoms with Crippen molar-refractivity contribution in [2.45, 2.75) is 32.6 Å². The van der Waals surface area contributed by atoms with Crippen LogP contribution in [-0.2, 0) is 6.42 Å². The summed E-state index contributed by atoms with van der Waals surface area (Å²) in [6, 6.07) is 0. The van der Waals surface area contributed by atoms with Gasteiger partial charge in [0.25, 0.3) is 0 Å². The highest BCUT2D eigenvalue weighted by Gasteiger charge is 2.27. The first-order valence-corrected chi connectivity index (χ1v) is 8.12. The molecule has 2 aliphatic rings. The molecule has 5 heteroatoms. The van der Waals surface area contributed by atoms with Gasteiger partial charge in [-0.2, -0.15) is 0 Å². The molecule has 4 nitrogen and oxygen atoms in total. The van der Waals surface area contributed by atoms with Crippen molar-refractivity contribution in [3.63, 3.8) is 0 Å². The smallest absolute Gasteiger partial charge is 0.137 e. The first-order chi connectivity index (χ1) is 9.78. The highest BCUT2D eigenvalue weighted by molar-refractivity contribution is 6.30. The molecule has 0 bridgehead atoms. The van der Waals surface area contributed by atoms with Crippen molar-refractivity contribution in [3.8, 4) is 0 Å². The summed E-state index contributed by atoms with van der Waals surface area (Å²) in [6.07, 6.45) is 6.48. The van der Waals surface area contributed by atoms with Crippen LogP contribution in [0, 0.1) is 5.92 Å². The maximum atomic E-state index is 6.24. The molecule has 2 heterocycles. The Morgan fingerprint density at radius 1 is 1.20 bits per heavy atom. The van der Waals surface area contributed by atoms with Gasteiger partial charge in [-0.25, -0.2) is 9.97 Å². The first-order valence-electron chi connectivity index (χ1n) is 7.74. The number of aromatic nitrogens is 2. The number of piperazine rings is 1. The molecule has 0 unspecified atom stereocenters. The average molecular weight is 295 g/mol. The lowest BCUT2D eigenvalue weighted by molar-refractivity contribution is 0.247. The average Bonchev–Trinajstić information content (AvgIpc) is 3.26. The van der Waals surface area contributed by atoms with Gasteiger partial charge in [-0.1, -0.05) is 24.9 Å². The molecule has 0 aromatic carbocycles.